The molecule has 2 N–H and O–H groups in total. The van der Waals surface area contributed by atoms with Crippen LogP contribution in [0.2, 0.25) is 0 Å². The highest BCUT2D eigenvalue weighted by Crippen LogP contribution is 2.34. The van der Waals surface area contributed by atoms with Crippen LogP contribution in [0.1, 0.15) is 24.5 Å². The van der Waals surface area contributed by atoms with Crippen LogP contribution in [0.15, 0.2) is 48.7 Å². The maximum absolute atomic E-state index is 11.6. The van der Waals surface area contributed by atoms with Crippen molar-refractivity contribution in [3.63, 3.8) is 0 Å². The highest BCUT2D eigenvalue weighted by Gasteiger charge is 2.28. The first-order valence-electron chi connectivity index (χ1n) is 10.3. The number of benzene rings is 2. The lowest BCUT2D eigenvalue weighted by Crippen LogP contribution is -2.25. The van der Waals surface area contributed by atoms with Gasteiger partial charge in [-0.05, 0) is 72.5 Å². The summed E-state index contributed by atoms with van der Waals surface area (Å²) in [6.07, 6.45) is 3.36. The van der Waals surface area contributed by atoms with Crippen LogP contribution in [0.3, 0.4) is 0 Å². The van der Waals surface area contributed by atoms with Crippen molar-refractivity contribution < 1.29 is 9.53 Å². The lowest BCUT2D eigenvalue weighted by Gasteiger charge is -2.22. The number of aromatic nitrogens is 1. The maximum Gasteiger partial charge on any atom is 0.220 e. The summed E-state index contributed by atoms with van der Waals surface area (Å²) in [4.78, 5) is 16.2. The fraction of sp³-hybridized carbons (Fsp3) is 0.333. The van der Waals surface area contributed by atoms with Gasteiger partial charge >= 0.3 is 0 Å². The molecule has 0 radical (unpaired) electrons. The molecule has 2 unspecified atom stereocenters. The number of amides is 1. The molecule has 5 nitrogen and oxygen atoms in total. The predicted octanol–water partition coefficient (Wildman–Crippen LogP) is 3.45. The number of hydrogen-bond donors (Lipinski definition) is 2. The van der Waals surface area contributed by atoms with Crippen LogP contribution in [0, 0.1) is 5.92 Å². The number of pyridine rings is 1. The summed E-state index contributed by atoms with van der Waals surface area (Å²) in [6.45, 7) is 4.68. The lowest BCUT2D eigenvalue weighted by atomic mass is 9.95. The number of hydrogen-bond acceptors (Lipinski definition) is 4. The average molecular weight is 387 g/mol. The number of carbonyl (C=O) groups excluding carboxylic acids is 1. The predicted molar refractivity (Wildman–Crippen MR) is 114 cm³/mol. The van der Waals surface area contributed by atoms with Crippen molar-refractivity contribution in [3.8, 4) is 16.9 Å². The Bertz CT molecular complexity index is 1080. The Hall–Kier alpha value is -2.92. The van der Waals surface area contributed by atoms with Crippen molar-refractivity contribution in [1.82, 2.24) is 15.6 Å². The minimum atomic E-state index is -0.0552. The first-order valence-corrected chi connectivity index (χ1v) is 10.3. The second kappa shape index (κ2) is 7.48. The van der Waals surface area contributed by atoms with E-state index in [1.165, 1.54) is 16.7 Å². The van der Waals surface area contributed by atoms with Gasteiger partial charge in [0.15, 0.2) is 0 Å². The van der Waals surface area contributed by atoms with E-state index in [1.54, 1.807) is 0 Å². The smallest absolute Gasteiger partial charge is 0.220 e. The van der Waals surface area contributed by atoms with Crippen LogP contribution in [0.4, 0.5) is 0 Å². The van der Waals surface area contributed by atoms with E-state index in [0.29, 0.717) is 13.0 Å². The summed E-state index contributed by atoms with van der Waals surface area (Å²) < 4.78 is 6.39. The van der Waals surface area contributed by atoms with Crippen molar-refractivity contribution in [3.05, 3.63) is 59.8 Å². The molecule has 2 aromatic carbocycles. The van der Waals surface area contributed by atoms with E-state index in [9.17, 15) is 4.79 Å². The average Bonchev–Trinajstić information content (AvgIpc) is 3.20. The Morgan fingerprint density at radius 3 is 2.93 bits per heavy atom. The Labute approximate surface area is 170 Å². The van der Waals surface area contributed by atoms with Gasteiger partial charge in [0.1, 0.15) is 11.9 Å². The summed E-state index contributed by atoms with van der Waals surface area (Å²) in [5.41, 5.74) is 5.99. The zero-order valence-corrected chi connectivity index (χ0v) is 16.6. The van der Waals surface area contributed by atoms with Gasteiger partial charge in [-0.15, -0.1) is 0 Å². The largest absolute Gasteiger partial charge is 0.490 e. The molecule has 1 amide bonds. The number of ether oxygens (including phenoxy) is 1. The molecule has 0 aliphatic carbocycles. The SMILES string of the molecule is CC(Oc1cc(-c2ccc3c(c2)CNCC3)cc2ncccc12)C1CNC(=O)C1. The molecule has 1 fully saturated rings. The molecule has 0 saturated carbocycles. The molecule has 1 saturated heterocycles. The first-order chi connectivity index (χ1) is 14.2. The van der Waals surface area contributed by atoms with Crippen LogP contribution in [-0.4, -0.2) is 30.1 Å². The zero-order valence-electron chi connectivity index (χ0n) is 16.6. The van der Waals surface area contributed by atoms with Crippen molar-refractivity contribution in [1.29, 1.82) is 0 Å². The Kier molecular flexibility index (Phi) is 4.68. The third-order valence-corrected chi connectivity index (χ3v) is 6.09. The topological polar surface area (TPSA) is 63.2 Å². The van der Waals surface area contributed by atoms with E-state index in [-0.39, 0.29) is 17.9 Å². The Balaban J connectivity index is 1.53. The van der Waals surface area contributed by atoms with Gasteiger partial charge in [-0.2, -0.15) is 0 Å². The molecule has 2 atom stereocenters. The number of rotatable bonds is 4. The minimum Gasteiger partial charge on any atom is -0.490 e. The summed E-state index contributed by atoms with van der Waals surface area (Å²) in [6, 6.07) is 14.9. The standard InChI is InChI=1S/C24H25N3O2/c1-15(19-12-24(28)27-14-19)29-23-11-18(10-22-21(23)3-2-7-26-22)17-5-4-16-6-8-25-13-20(16)9-17/h2-5,7,9-11,15,19,25H,6,8,12-14H2,1H3,(H,27,28). The van der Waals surface area contributed by atoms with Gasteiger partial charge in [0, 0.05) is 37.0 Å². The third kappa shape index (κ3) is 3.58. The lowest BCUT2D eigenvalue weighted by molar-refractivity contribution is -0.119. The van der Waals surface area contributed by atoms with Crippen molar-refractivity contribution in [2.24, 2.45) is 5.92 Å². The van der Waals surface area contributed by atoms with Gasteiger partial charge in [-0.1, -0.05) is 12.1 Å². The summed E-state index contributed by atoms with van der Waals surface area (Å²) >= 11 is 0. The van der Waals surface area contributed by atoms with Crippen LogP contribution < -0.4 is 15.4 Å². The molecule has 0 spiro atoms. The molecule has 5 rings (SSSR count). The fourth-order valence-electron chi connectivity index (χ4n) is 4.33. The van der Waals surface area contributed by atoms with E-state index >= 15 is 0 Å². The molecule has 2 aliphatic heterocycles. The highest BCUT2D eigenvalue weighted by molar-refractivity contribution is 5.90. The molecule has 3 heterocycles. The summed E-state index contributed by atoms with van der Waals surface area (Å²) in [5, 5.41) is 7.35. The van der Waals surface area contributed by atoms with E-state index < -0.39 is 0 Å². The molecule has 148 valence electrons. The minimum absolute atomic E-state index is 0.0552. The number of nitrogens with one attached hydrogen (secondary N) is 2. The van der Waals surface area contributed by atoms with Crippen molar-refractivity contribution >= 4 is 16.8 Å². The quantitative estimate of drug-likeness (QED) is 0.720. The molecule has 1 aromatic heterocycles. The van der Waals surface area contributed by atoms with Crippen LogP contribution in [0.25, 0.3) is 22.0 Å². The fourth-order valence-corrected chi connectivity index (χ4v) is 4.33. The Morgan fingerprint density at radius 1 is 1.14 bits per heavy atom. The van der Waals surface area contributed by atoms with Gasteiger partial charge in [-0.25, -0.2) is 0 Å². The molecule has 29 heavy (non-hydrogen) atoms. The van der Waals surface area contributed by atoms with E-state index in [4.69, 9.17) is 4.74 Å². The summed E-state index contributed by atoms with van der Waals surface area (Å²) in [5.74, 6) is 1.12. The monoisotopic (exact) mass is 387 g/mol. The second-order valence-corrected chi connectivity index (χ2v) is 8.05. The number of fused-ring (bicyclic) bond motifs is 2. The molecule has 5 heteroatoms. The molecule has 3 aromatic rings. The second-order valence-electron chi connectivity index (χ2n) is 8.05. The van der Waals surface area contributed by atoms with Gasteiger partial charge < -0.3 is 15.4 Å². The molecular weight excluding hydrogens is 362 g/mol. The first kappa shape index (κ1) is 18.1. The molecule has 2 aliphatic rings. The van der Waals surface area contributed by atoms with Gasteiger partial charge in [0.2, 0.25) is 5.91 Å². The Morgan fingerprint density at radius 2 is 2.07 bits per heavy atom. The third-order valence-electron chi connectivity index (χ3n) is 6.09. The normalized spacial score (nSPS) is 19.6. The highest BCUT2D eigenvalue weighted by atomic mass is 16.5. The van der Waals surface area contributed by atoms with Crippen molar-refractivity contribution in [2.45, 2.75) is 32.4 Å². The van der Waals surface area contributed by atoms with Crippen LogP contribution in [0.5, 0.6) is 5.75 Å². The van der Waals surface area contributed by atoms with Gasteiger partial charge in [-0.3, -0.25) is 9.78 Å². The number of nitrogens with zero attached hydrogens (tertiary/aromatic N) is 1. The van der Waals surface area contributed by atoms with E-state index in [1.807, 2.05) is 25.3 Å². The molecular formula is C24H25N3O2. The van der Waals surface area contributed by atoms with Crippen LogP contribution in [-0.2, 0) is 17.8 Å². The maximum atomic E-state index is 11.6. The summed E-state index contributed by atoms with van der Waals surface area (Å²) in [7, 11) is 0. The molecule has 0 bridgehead atoms. The van der Waals surface area contributed by atoms with Gasteiger partial charge in [0.05, 0.1) is 5.52 Å². The zero-order chi connectivity index (χ0) is 19.8. The van der Waals surface area contributed by atoms with Crippen molar-refractivity contribution in [2.75, 3.05) is 13.1 Å². The van der Waals surface area contributed by atoms with Gasteiger partial charge in [0.25, 0.3) is 0 Å². The van der Waals surface area contributed by atoms with Crippen LogP contribution >= 0.6 is 0 Å². The van der Waals surface area contributed by atoms with E-state index in [2.05, 4.69) is 45.9 Å². The van der Waals surface area contributed by atoms with E-state index in [0.717, 1.165) is 41.7 Å². The number of carbonyl (C=O) groups is 1.